The van der Waals surface area contributed by atoms with Gasteiger partial charge in [0.1, 0.15) is 0 Å². The van der Waals surface area contributed by atoms with Gasteiger partial charge in [-0.25, -0.2) is 0 Å². The fourth-order valence-corrected chi connectivity index (χ4v) is 6.76. The van der Waals surface area contributed by atoms with Gasteiger partial charge in [-0.3, -0.25) is 0 Å². The Morgan fingerprint density at radius 3 is 2.57 bits per heavy atom. The van der Waals surface area contributed by atoms with E-state index in [2.05, 4.69) is 26.0 Å². The molecule has 3 fully saturated rings. The van der Waals surface area contributed by atoms with Gasteiger partial charge in [-0.2, -0.15) is 0 Å². The third-order valence-corrected chi connectivity index (χ3v) is 8.12. The Balaban J connectivity index is 1.67. The first-order chi connectivity index (χ1) is 9.95. The predicted octanol–water partition coefficient (Wildman–Crippen LogP) is 3.53. The van der Waals surface area contributed by atoms with Crippen LogP contribution in [0.4, 0.5) is 0 Å². The van der Waals surface area contributed by atoms with E-state index in [1.807, 2.05) is 0 Å². The summed E-state index contributed by atoms with van der Waals surface area (Å²) in [6.45, 7) is 4.80. The molecule has 0 aromatic rings. The smallest absolute Gasteiger partial charge is 0.0724 e. The summed E-state index contributed by atoms with van der Waals surface area (Å²) in [4.78, 5) is 0. The van der Waals surface area contributed by atoms with Crippen LogP contribution >= 0.6 is 0 Å². The van der Waals surface area contributed by atoms with Gasteiger partial charge in [-0.05, 0) is 79.4 Å². The van der Waals surface area contributed by atoms with E-state index in [1.165, 1.54) is 32.1 Å². The van der Waals surface area contributed by atoms with Gasteiger partial charge in [0.2, 0.25) is 0 Å². The van der Waals surface area contributed by atoms with Crippen LogP contribution in [-0.4, -0.2) is 22.4 Å². The highest BCUT2D eigenvalue weighted by Crippen LogP contribution is 2.65. The molecule has 0 heterocycles. The molecule has 4 aliphatic carbocycles. The zero-order valence-electron chi connectivity index (χ0n) is 13.5. The molecule has 2 heteroatoms. The second kappa shape index (κ2) is 4.58. The number of hydrogen-bond acceptors (Lipinski definition) is 2. The fourth-order valence-electron chi connectivity index (χ4n) is 6.76. The van der Waals surface area contributed by atoms with Crippen molar-refractivity contribution in [3.63, 3.8) is 0 Å². The Morgan fingerprint density at radius 2 is 1.76 bits per heavy atom. The van der Waals surface area contributed by atoms with Crippen LogP contribution in [0.3, 0.4) is 0 Å². The van der Waals surface area contributed by atoms with Crippen LogP contribution in [0, 0.1) is 34.5 Å². The van der Waals surface area contributed by atoms with Gasteiger partial charge in [-0.1, -0.05) is 26.0 Å². The fraction of sp³-hybridized carbons (Fsp3) is 0.895. The molecular weight excluding hydrogens is 260 g/mol. The van der Waals surface area contributed by atoms with Crippen molar-refractivity contribution in [1.29, 1.82) is 0 Å². The first kappa shape index (κ1) is 14.3. The molecule has 3 saturated carbocycles. The summed E-state index contributed by atoms with van der Waals surface area (Å²) in [5, 5.41) is 20.4. The summed E-state index contributed by atoms with van der Waals surface area (Å²) in [5.41, 5.74) is 0.472. The Labute approximate surface area is 128 Å². The van der Waals surface area contributed by atoms with Gasteiger partial charge in [0.05, 0.1) is 12.2 Å². The molecule has 4 aliphatic rings. The predicted molar refractivity (Wildman–Crippen MR) is 83.6 cm³/mol. The molecule has 0 spiro atoms. The average molecular weight is 290 g/mol. The van der Waals surface area contributed by atoms with Crippen LogP contribution in [-0.2, 0) is 0 Å². The highest BCUT2D eigenvalue weighted by molar-refractivity contribution is 5.17. The van der Waals surface area contributed by atoms with E-state index < -0.39 is 0 Å². The normalized spacial score (nSPS) is 59.2. The van der Waals surface area contributed by atoms with E-state index in [0.29, 0.717) is 5.92 Å². The molecule has 4 rings (SSSR count). The molecule has 0 aromatic carbocycles. The van der Waals surface area contributed by atoms with Gasteiger partial charge in [-0.15, -0.1) is 0 Å². The molecular formula is C19H30O2. The topological polar surface area (TPSA) is 40.5 Å². The Bertz CT molecular complexity index is 458. The lowest BCUT2D eigenvalue weighted by Crippen LogP contribution is -2.53. The summed E-state index contributed by atoms with van der Waals surface area (Å²) in [5.74, 6) is 2.95. The lowest BCUT2D eigenvalue weighted by Gasteiger charge is -2.59. The van der Waals surface area contributed by atoms with Crippen LogP contribution < -0.4 is 0 Å². The SMILES string of the molecule is C[C@]12C=C[C@H](O)C[C@@H]1CC[C@@H]1[C@@H]2CC[C@]2(C)[C@H](O)CC[C@@H]12. The Morgan fingerprint density at radius 1 is 0.952 bits per heavy atom. The van der Waals surface area contributed by atoms with E-state index in [1.54, 1.807) is 0 Å². The van der Waals surface area contributed by atoms with Gasteiger partial charge < -0.3 is 10.2 Å². The van der Waals surface area contributed by atoms with Crippen molar-refractivity contribution in [3.8, 4) is 0 Å². The number of aliphatic hydroxyl groups is 2. The van der Waals surface area contributed by atoms with Crippen molar-refractivity contribution < 1.29 is 10.2 Å². The molecule has 0 amide bonds. The number of allylic oxidation sites excluding steroid dienone is 1. The van der Waals surface area contributed by atoms with Crippen LogP contribution in [0.25, 0.3) is 0 Å². The maximum atomic E-state index is 10.5. The lowest BCUT2D eigenvalue weighted by atomic mass is 9.46. The number of hydrogen-bond donors (Lipinski definition) is 2. The van der Waals surface area contributed by atoms with Crippen LogP contribution in [0.15, 0.2) is 12.2 Å². The van der Waals surface area contributed by atoms with Crippen molar-refractivity contribution in [3.05, 3.63) is 12.2 Å². The van der Waals surface area contributed by atoms with Gasteiger partial charge in [0.15, 0.2) is 0 Å². The minimum Gasteiger partial charge on any atom is -0.393 e. The quantitative estimate of drug-likeness (QED) is 0.670. The summed E-state index contributed by atoms with van der Waals surface area (Å²) in [7, 11) is 0. The highest BCUT2D eigenvalue weighted by atomic mass is 16.3. The Kier molecular flexibility index (Phi) is 3.11. The monoisotopic (exact) mass is 290 g/mol. The van der Waals surface area contributed by atoms with E-state index in [0.717, 1.165) is 30.6 Å². The average Bonchev–Trinajstić information content (AvgIpc) is 2.76. The van der Waals surface area contributed by atoms with E-state index in [-0.39, 0.29) is 23.0 Å². The van der Waals surface area contributed by atoms with Crippen molar-refractivity contribution >= 4 is 0 Å². The lowest BCUT2D eigenvalue weighted by molar-refractivity contribution is -0.0994. The summed E-state index contributed by atoms with van der Waals surface area (Å²) in [6.07, 6.45) is 12.4. The largest absolute Gasteiger partial charge is 0.393 e. The molecule has 0 unspecified atom stereocenters. The molecule has 2 nitrogen and oxygen atoms in total. The minimum atomic E-state index is -0.221. The molecule has 2 N–H and O–H groups in total. The molecule has 0 bridgehead atoms. The van der Waals surface area contributed by atoms with Crippen LogP contribution in [0.1, 0.15) is 58.8 Å². The molecule has 8 atom stereocenters. The van der Waals surface area contributed by atoms with Crippen molar-refractivity contribution in [1.82, 2.24) is 0 Å². The Hall–Kier alpha value is -0.340. The van der Waals surface area contributed by atoms with Gasteiger partial charge in [0, 0.05) is 0 Å². The first-order valence-electron chi connectivity index (χ1n) is 9.00. The molecule has 118 valence electrons. The number of rotatable bonds is 0. The van der Waals surface area contributed by atoms with Crippen LogP contribution in [0.5, 0.6) is 0 Å². The number of fused-ring (bicyclic) bond motifs is 5. The zero-order chi connectivity index (χ0) is 14.8. The maximum Gasteiger partial charge on any atom is 0.0724 e. The maximum absolute atomic E-state index is 10.5. The molecule has 0 aliphatic heterocycles. The third-order valence-electron chi connectivity index (χ3n) is 8.12. The second-order valence-corrected chi connectivity index (χ2v) is 8.82. The molecule has 0 saturated heterocycles. The zero-order valence-corrected chi connectivity index (χ0v) is 13.5. The van der Waals surface area contributed by atoms with Crippen molar-refractivity contribution in [2.24, 2.45) is 34.5 Å². The van der Waals surface area contributed by atoms with Gasteiger partial charge in [0.25, 0.3) is 0 Å². The molecule has 21 heavy (non-hydrogen) atoms. The summed E-state index contributed by atoms with van der Waals surface area (Å²) in [6, 6.07) is 0. The second-order valence-electron chi connectivity index (χ2n) is 8.82. The highest BCUT2D eigenvalue weighted by Gasteiger charge is 2.59. The van der Waals surface area contributed by atoms with E-state index in [9.17, 15) is 10.2 Å². The van der Waals surface area contributed by atoms with Crippen molar-refractivity contribution in [2.45, 2.75) is 71.0 Å². The standard InChI is InChI=1S/C19H30O2/c1-18-9-7-13(20)11-12(18)3-4-14-15-5-6-17(21)19(15,2)10-8-16(14)18/h7,9,12-17,20-21H,3-6,8,10-11H2,1-2H3/t12-,13-,14-,15-,16-,17+,18-,19-/m0/s1. The molecule has 0 aromatic heterocycles. The minimum absolute atomic E-state index is 0.0716. The third kappa shape index (κ3) is 1.84. The van der Waals surface area contributed by atoms with E-state index in [4.69, 9.17) is 0 Å². The molecule has 0 radical (unpaired) electrons. The first-order valence-corrected chi connectivity index (χ1v) is 9.00. The van der Waals surface area contributed by atoms with Gasteiger partial charge >= 0.3 is 0 Å². The van der Waals surface area contributed by atoms with E-state index >= 15 is 0 Å². The van der Waals surface area contributed by atoms with Crippen LogP contribution in [0.2, 0.25) is 0 Å². The number of aliphatic hydroxyl groups excluding tert-OH is 2. The summed E-state index contributed by atoms with van der Waals surface area (Å²) >= 11 is 0. The van der Waals surface area contributed by atoms with Crippen molar-refractivity contribution in [2.75, 3.05) is 0 Å². The summed E-state index contributed by atoms with van der Waals surface area (Å²) < 4.78 is 0.